The van der Waals surface area contributed by atoms with Gasteiger partial charge in [0.2, 0.25) is 36.4 Å². The van der Waals surface area contributed by atoms with Crippen molar-refractivity contribution < 1.29 is 18.4 Å². The second kappa shape index (κ2) is 9.65. The Morgan fingerprint density at radius 2 is 1.15 bits per heavy atom. The van der Waals surface area contributed by atoms with Crippen molar-refractivity contribution in [1.82, 2.24) is 20.4 Å². The minimum atomic E-state index is -0.222. The molecule has 1 fully saturated rings. The Morgan fingerprint density at radius 1 is 0.706 bits per heavy atom. The molecule has 2 aromatic carbocycles. The van der Waals surface area contributed by atoms with E-state index in [1.807, 2.05) is 24.3 Å². The molecule has 0 aliphatic heterocycles. The second-order valence-electron chi connectivity index (χ2n) is 8.18. The standard InChI is InChI=1S/C24H22N6O4/c31-21(27-19-8-4-15(5-9-19)23-29-25-13-33-23)17-2-1-3-18(12-17)22(32)28-20-10-6-16(7-11-20)24-30-26-14-34-24/h4-11,13-14,17-18H,1-3,12H2,(H,27,31)(H,28,32). The lowest BCUT2D eigenvalue weighted by molar-refractivity contribution is -0.124. The van der Waals surface area contributed by atoms with Gasteiger partial charge in [0.05, 0.1) is 0 Å². The number of aromatic nitrogens is 4. The zero-order valence-electron chi connectivity index (χ0n) is 18.2. The summed E-state index contributed by atoms with van der Waals surface area (Å²) in [7, 11) is 0. The lowest BCUT2D eigenvalue weighted by Crippen LogP contribution is -2.33. The lowest BCUT2D eigenvalue weighted by atomic mass is 9.80. The number of benzene rings is 2. The van der Waals surface area contributed by atoms with Crippen molar-refractivity contribution in [1.29, 1.82) is 0 Å². The smallest absolute Gasteiger partial charge is 0.247 e. The molecular weight excluding hydrogens is 436 g/mol. The largest absolute Gasteiger partial charge is 0.423 e. The van der Waals surface area contributed by atoms with Gasteiger partial charge >= 0.3 is 0 Å². The van der Waals surface area contributed by atoms with E-state index in [1.165, 1.54) is 12.8 Å². The molecule has 1 saturated carbocycles. The molecular formula is C24H22N6O4. The molecule has 2 amide bonds. The van der Waals surface area contributed by atoms with Crippen molar-refractivity contribution in [3.63, 3.8) is 0 Å². The van der Waals surface area contributed by atoms with Crippen molar-refractivity contribution in [2.45, 2.75) is 25.7 Å². The summed E-state index contributed by atoms with van der Waals surface area (Å²) >= 11 is 0. The number of hydrogen-bond acceptors (Lipinski definition) is 8. The summed E-state index contributed by atoms with van der Waals surface area (Å²) in [5, 5.41) is 21.0. The molecule has 0 bridgehead atoms. The summed E-state index contributed by atoms with van der Waals surface area (Å²) in [6.45, 7) is 0. The van der Waals surface area contributed by atoms with Crippen LogP contribution >= 0.6 is 0 Å². The molecule has 2 unspecified atom stereocenters. The number of carbonyl (C=O) groups is 2. The van der Waals surface area contributed by atoms with Crippen LogP contribution in [0.2, 0.25) is 0 Å². The maximum Gasteiger partial charge on any atom is 0.247 e. The van der Waals surface area contributed by atoms with Crippen LogP contribution in [0.25, 0.3) is 22.9 Å². The van der Waals surface area contributed by atoms with Gasteiger partial charge in [-0.2, -0.15) is 0 Å². The first-order valence-electron chi connectivity index (χ1n) is 11.0. The molecule has 0 radical (unpaired) electrons. The highest BCUT2D eigenvalue weighted by Crippen LogP contribution is 2.31. The van der Waals surface area contributed by atoms with Crippen LogP contribution in [0.15, 0.2) is 70.2 Å². The SMILES string of the molecule is O=C(Nc1ccc(-c2nnco2)cc1)C1CCCC(C(=O)Nc2ccc(-c3nnco3)cc2)C1. The third-order valence-electron chi connectivity index (χ3n) is 5.93. The highest BCUT2D eigenvalue weighted by atomic mass is 16.4. The van der Waals surface area contributed by atoms with Crippen LogP contribution in [0, 0.1) is 11.8 Å². The fourth-order valence-corrected chi connectivity index (χ4v) is 4.14. The van der Waals surface area contributed by atoms with Crippen LogP contribution in [-0.2, 0) is 9.59 Å². The molecule has 4 aromatic rings. The molecule has 172 valence electrons. The maximum absolute atomic E-state index is 12.9. The average molecular weight is 458 g/mol. The zero-order valence-corrected chi connectivity index (χ0v) is 18.2. The highest BCUT2D eigenvalue weighted by Gasteiger charge is 2.31. The van der Waals surface area contributed by atoms with Crippen molar-refractivity contribution in [2.24, 2.45) is 11.8 Å². The molecule has 1 aliphatic carbocycles. The third kappa shape index (κ3) is 4.85. The van der Waals surface area contributed by atoms with Crippen molar-refractivity contribution in [2.75, 3.05) is 10.6 Å². The van der Waals surface area contributed by atoms with Gasteiger partial charge in [0.25, 0.3) is 0 Å². The number of anilines is 2. The molecule has 2 N–H and O–H groups in total. The lowest BCUT2D eigenvalue weighted by Gasteiger charge is -2.27. The van der Waals surface area contributed by atoms with Crippen LogP contribution in [-0.4, -0.2) is 32.2 Å². The fourth-order valence-electron chi connectivity index (χ4n) is 4.14. The third-order valence-corrected chi connectivity index (χ3v) is 5.93. The summed E-state index contributed by atoms with van der Waals surface area (Å²) in [6, 6.07) is 14.4. The summed E-state index contributed by atoms with van der Waals surface area (Å²) in [5.41, 5.74) is 2.91. The number of amides is 2. The van der Waals surface area contributed by atoms with Crippen LogP contribution in [0.4, 0.5) is 11.4 Å². The van der Waals surface area contributed by atoms with Gasteiger partial charge in [0.1, 0.15) is 0 Å². The van der Waals surface area contributed by atoms with Crippen molar-refractivity contribution in [3.8, 4) is 22.9 Å². The molecule has 0 saturated heterocycles. The Hall–Kier alpha value is -4.34. The number of nitrogens with zero attached hydrogens (tertiary/aromatic N) is 4. The number of carbonyl (C=O) groups excluding carboxylic acids is 2. The normalized spacial score (nSPS) is 17.8. The summed E-state index contributed by atoms with van der Waals surface area (Å²) < 4.78 is 10.4. The molecule has 10 heteroatoms. The maximum atomic E-state index is 12.9. The van der Waals surface area contributed by atoms with Gasteiger partial charge in [0.15, 0.2) is 0 Å². The van der Waals surface area contributed by atoms with E-state index in [4.69, 9.17) is 8.83 Å². The Bertz CT molecular complexity index is 1140. The quantitative estimate of drug-likeness (QED) is 0.439. The Kier molecular flexibility index (Phi) is 6.11. The minimum Gasteiger partial charge on any atom is -0.423 e. The van der Waals surface area contributed by atoms with Gasteiger partial charge in [-0.3, -0.25) is 9.59 Å². The number of rotatable bonds is 6. The molecule has 1 aliphatic rings. The predicted octanol–water partition coefficient (Wildman–Crippen LogP) is 4.17. The number of nitrogens with one attached hydrogen (secondary N) is 2. The van der Waals surface area contributed by atoms with E-state index in [1.54, 1.807) is 24.3 Å². The van der Waals surface area contributed by atoms with Crippen LogP contribution in [0.1, 0.15) is 25.7 Å². The first-order valence-corrected chi connectivity index (χ1v) is 11.0. The van der Waals surface area contributed by atoms with E-state index in [0.717, 1.165) is 30.4 Å². The molecule has 2 aromatic heterocycles. The molecule has 2 atom stereocenters. The monoisotopic (exact) mass is 458 g/mol. The van der Waals surface area contributed by atoms with Crippen LogP contribution < -0.4 is 10.6 Å². The van der Waals surface area contributed by atoms with Gasteiger partial charge < -0.3 is 19.5 Å². The first kappa shape index (κ1) is 21.5. The summed E-state index contributed by atoms with van der Waals surface area (Å²) in [4.78, 5) is 25.7. The van der Waals surface area contributed by atoms with E-state index in [9.17, 15) is 9.59 Å². The van der Waals surface area contributed by atoms with Gasteiger partial charge in [-0.25, -0.2) is 0 Å². The summed E-state index contributed by atoms with van der Waals surface area (Å²) in [6.07, 6.45) is 5.39. The average Bonchev–Trinajstić information content (AvgIpc) is 3.60. The van der Waals surface area contributed by atoms with Crippen molar-refractivity contribution in [3.05, 3.63) is 61.3 Å². The molecule has 34 heavy (non-hydrogen) atoms. The van der Waals surface area contributed by atoms with Crippen LogP contribution in [0.5, 0.6) is 0 Å². The topological polar surface area (TPSA) is 136 Å². The van der Waals surface area contributed by atoms with Gasteiger partial charge in [0, 0.05) is 34.3 Å². The zero-order chi connectivity index (χ0) is 23.3. The molecule has 2 heterocycles. The first-order chi connectivity index (χ1) is 16.7. The Balaban J connectivity index is 1.16. The molecule has 10 nitrogen and oxygen atoms in total. The highest BCUT2D eigenvalue weighted by molar-refractivity contribution is 5.95. The number of hydrogen-bond donors (Lipinski definition) is 2. The van der Waals surface area contributed by atoms with Crippen LogP contribution in [0.3, 0.4) is 0 Å². The van der Waals surface area contributed by atoms with Gasteiger partial charge in [-0.1, -0.05) is 6.42 Å². The van der Waals surface area contributed by atoms with E-state index in [-0.39, 0.29) is 23.7 Å². The van der Waals surface area contributed by atoms with E-state index in [0.29, 0.717) is 29.6 Å². The second-order valence-corrected chi connectivity index (χ2v) is 8.18. The van der Waals surface area contributed by atoms with E-state index < -0.39 is 0 Å². The van der Waals surface area contributed by atoms with Gasteiger partial charge in [-0.15, -0.1) is 20.4 Å². The Labute approximate surface area is 194 Å². The Morgan fingerprint density at radius 3 is 1.53 bits per heavy atom. The molecule has 0 spiro atoms. The van der Waals surface area contributed by atoms with E-state index >= 15 is 0 Å². The molecule has 5 rings (SSSR count). The van der Waals surface area contributed by atoms with E-state index in [2.05, 4.69) is 31.0 Å². The predicted molar refractivity (Wildman–Crippen MR) is 122 cm³/mol. The van der Waals surface area contributed by atoms with Gasteiger partial charge in [-0.05, 0) is 67.8 Å². The van der Waals surface area contributed by atoms with Crippen molar-refractivity contribution >= 4 is 23.2 Å². The summed E-state index contributed by atoms with van der Waals surface area (Å²) in [5.74, 6) is 0.241. The fraction of sp³-hybridized carbons (Fsp3) is 0.250. The minimum absolute atomic E-state index is 0.0769.